The Kier molecular flexibility index (Phi) is 5.19. The Morgan fingerprint density at radius 2 is 1.96 bits per heavy atom. The molecule has 0 atom stereocenters. The third kappa shape index (κ3) is 3.30. The van der Waals surface area contributed by atoms with Crippen LogP contribution in [0.3, 0.4) is 0 Å². The van der Waals surface area contributed by atoms with Crippen LogP contribution in [0.15, 0.2) is 58.7 Å². The summed E-state index contributed by atoms with van der Waals surface area (Å²) in [4.78, 5) is 22.4. The van der Waals surface area contributed by atoms with E-state index in [0.717, 1.165) is 29.0 Å². The van der Waals surface area contributed by atoms with Crippen LogP contribution in [0, 0.1) is 0 Å². The third-order valence-corrected chi connectivity index (χ3v) is 4.81. The topological polar surface area (TPSA) is 57.0 Å². The zero-order valence-electron chi connectivity index (χ0n) is 14.4. The van der Waals surface area contributed by atoms with Crippen LogP contribution in [0.2, 0.25) is 0 Å². The predicted molar refractivity (Wildman–Crippen MR) is 101 cm³/mol. The molecule has 2 aromatic heterocycles. The smallest absolute Gasteiger partial charge is 0.272 e. The molecule has 0 saturated heterocycles. The van der Waals surface area contributed by atoms with E-state index in [1.165, 1.54) is 11.8 Å². The van der Waals surface area contributed by atoms with Crippen LogP contribution in [0.25, 0.3) is 16.9 Å². The van der Waals surface area contributed by atoms with E-state index >= 15 is 0 Å². The lowest BCUT2D eigenvalue weighted by Gasteiger charge is -2.13. The lowest BCUT2D eigenvalue weighted by molar-refractivity contribution is 0.414. The van der Waals surface area contributed by atoms with Crippen molar-refractivity contribution in [1.29, 1.82) is 0 Å². The molecule has 6 heteroatoms. The first-order valence-electron chi connectivity index (χ1n) is 7.93. The van der Waals surface area contributed by atoms with E-state index in [1.807, 2.05) is 36.6 Å². The van der Waals surface area contributed by atoms with E-state index in [9.17, 15) is 4.79 Å². The number of hydrogen-bond acceptors (Lipinski definition) is 5. The molecule has 0 aliphatic rings. The van der Waals surface area contributed by atoms with Crippen LogP contribution in [-0.4, -0.2) is 27.9 Å². The highest BCUT2D eigenvalue weighted by atomic mass is 32.2. The number of benzene rings is 1. The first-order chi connectivity index (χ1) is 12.2. The lowest BCUT2D eigenvalue weighted by atomic mass is 10.1. The molecule has 3 rings (SSSR count). The van der Waals surface area contributed by atoms with Gasteiger partial charge in [0.1, 0.15) is 12.1 Å². The molecule has 0 bridgehead atoms. The van der Waals surface area contributed by atoms with E-state index in [1.54, 1.807) is 30.4 Å². The van der Waals surface area contributed by atoms with Gasteiger partial charge in [0, 0.05) is 18.0 Å². The molecule has 2 heterocycles. The second-order valence-corrected chi connectivity index (χ2v) is 6.20. The van der Waals surface area contributed by atoms with Crippen molar-refractivity contribution in [2.75, 3.05) is 13.4 Å². The molecule has 0 spiro atoms. The molecule has 25 heavy (non-hydrogen) atoms. The molecule has 0 saturated carbocycles. The number of methoxy groups -OCH3 is 1. The van der Waals surface area contributed by atoms with E-state index in [-0.39, 0.29) is 5.56 Å². The highest BCUT2D eigenvalue weighted by Gasteiger charge is 2.16. The Morgan fingerprint density at radius 1 is 1.20 bits per heavy atom. The van der Waals surface area contributed by atoms with Crippen molar-refractivity contribution >= 4 is 11.8 Å². The molecule has 128 valence electrons. The predicted octanol–water partition coefficient (Wildman–Crippen LogP) is 3.59. The van der Waals surface area contributed by atoms with Crippen molar-refractivity contribution in [3.63, 3.8) is 0 Å². The zero-order valence-corrected chi connectivity index (χ0v) is 15.2. The van der Waals surface area contributed by atoms with Gasteiger partial charge in [-0.3, -0.25) is 14.3 Å². The molecule has 0 aliphatic carbocycles. The number of rotatable bonds is 5. The van der Waals surface area contributed by atoms with Gasteiger partial charge in [-0.25, -0.2) is 4.98 Å². The summed E-state index contributed by atoms with van der Waals surface area (Å²) in [6.07, 6.45) is 7.86. The summed E-state index contributed by atoms with van der Waals surface area (Å²) in [7, 11) is 1.61. The van der Waals surface area contributed by atoms with Crippen LogP contribution >= 0.6 is 11.8 Å². The van der Waals surface area contributed by atoms with E-state index in [0.29, 0.717) is 10.6 Å². The van der Waals surface area contributed by atoms with Gasteiger partial charge in [-0.15, -0.1) is 11.8 Å². The van der Waals surface area contributed by atoms with Crippen molar-refractivity contribution in [3.05, 3.63) is 65.0 Å². The standard InChI is InChI=1S/C19H19N3O2S/c1-4-13-9-10-20-11-16(13)17-18(25-3)19(23)22(12-21-17)14-5-7-15(24-2)8-6-14/h5-12H,4H2,1-3H3. The molecule has 3 aromatic rings. The summed E-state index contributed by atoms with van der Waals surface area (Å²) in [6.45, 7) is 2.08. The van der Waals surface area contributed by atoms with Gasteiger partial charge in [-0.1, -0.05) is 6.92 Å². The molecule has 0 amide bonds. The minimum Gasteiger partial charge on any atom is -0.497 e. The van der Waals surface area contributed by atoms with Crippen molar-refractivity contribution < 1.29 is 4.74 Å². The summed E-state index contributed by atoms with van der Waals surface area (Å²) < 4.78 is 6.72. The van der Waals surface area contributed by atoms with E-state index in [4.69, 9.17) is 4.74 Å². The largest absolute Gasteiger partial charge is 0.497 e. The maximum Gasteiger partial charge on any atom is 0.272 e. The quantitative estimate of drug-likeness (QED) is 0.656. The highest BCUT2D eigenvalue weighted by Crippen LogP contribution is 2.28. The molecule has 0 aliphatic heterocycles. The maximum atomic E-state index is 13.0. The van der Waals surface area contributed by atoms with Crippen molar-refractivity contribution in [1.82, 2.24) is 14.5 Å². The lowest BCUT2D eigenvalue weighted by Crippen LogP contribution is -2.21. The van der Waals surface area contributed by atoms with Crippen LogP contribution in [-0.2, 0) is 6.42 Å². The van der Waals surface area contributed by atoms with E-state index in [2.05, 4.69) is 16.9 Å². The molecular formula is C19H19N3O2S. The second kappa shape index (κ2) is 7.53. The number of aromatic nitrogens is 3. The number of aryl methyl sites for hydroxylation is 1. The fourth-order valence-corrected chi connectivity index (χ4v) is 3.31. The number of hydrogen-bond donors (Lipinski definition) is 0. The summed E-state index contributed by atoms with van der Waals surface area (Å²) in [6, 6.07) is 9.30. The first kappa shape index (κ1) is 17.2. The Hall–Kier alpha value is -2.60. The minimum absolute atomic E-state index is 0.0893. The zero-order chi connectivity index (χ0) is 17.8. The Bertz CT molecular complexity index is 936. The fourth-order valence-electron chi connectivity index (χ4n) is 2.68. The Morgan fingerprint density at radius 3 is 2.60 bits per heavy atom. The molecule has 0 unspecified atom stereocenters. The number of ether oxygens (including phenoxy) is 1. The normalized spacial score (nSPS) is 10.7. The van der Waals surface area contributed by atoms with Gasteiger partial charge in [0.05, 0.1) is 23.4 Å². The molecule has 0 fully saturated rings. The first-order valence-corrected chi connectivity index (χ1v) is 9.15. The van der Waals surface area contributed by atoms with Gasteiger partial charge >= 0.3 is 0 Å². The Balaban J connectivity index is 2.15. The molecule has 5 nitrogen and oxygen atoms in total. The summed E-state index contributed by atoms with van der Waals surface area (Å²) in [5.74, 6) is 0.745. The van der Waals surface area contributed by atoms with Crippen LogP contribution in [0.5, 0.6) is 5.75 Å². The molecule has 0 N–H and O–H groups in total. The average molecular weight is 353 g/mol. The van der Waals surface area contributed by atoms with Gasteiger partial charge in [-0.2, -0.15) is 0 Å². The SMILES string of the molecule is CCc1ccncc1-c1ncn(-c2ccc(OC)cc2)c(=O)c1SC. The minimum atomic E-state index is -0.0893. The number of nitrogens with zero attached hydrogens (tertiary/aromatic N) is 3. The average Bonchev–Trinajstić information content (AvgIpc) is 2.67. The maximum absolute atomic E-state index is 13.0. The molecule has 1 aromatic carbocycles. The van der Waals surface area contributed by atoms with Gasteiger partial charge in [0.15, 0.2) is 0 Å². The summed E-state index contributed by atoms with van der Waals surface area (Å²) in [5, 5.41) is 0. The summed E-state index contributed by atoms with van der Waals surface area (Å²) >= 11 is 1.40. The third-order valence-electron chi connectivity index (χ3n) is 4.03. The highest BCUT2D eigenvalue weighted by molar-refractivity contribution is 7.98. The summed E-state index contributed by atoms with van der Waals surface area (Å²) in [5.41, 5.74) is 3.38. The van der Waals surface area contributed by atoms with Crippen LogP contribution in [0.1, 0.15) is 12.5 Å². The molecule has 0 radical (unpaired) electrons. The second-order valence-electron chi connectivity index (χ2n) is 5.39. The Labute approximate surface area is 150 Å². The molecular weight excluding hydrogens is 334 g/mol. The van der Waals surface area contributed by atoms with Crippen LogP contribution in [0.4, 0.5) is 0 Å². The fraction of sp³-hybridized carbons (Fsp3) is 0.211. The number of pyridine rings is 1. The number of thioether (sulfide) groups is 1. The van der Waals surface area contributed by atoms with Crippen molar-refractivity contribution in [2.45, 2.75) is 18.2 Å². The monoisotopic (exact) mass is 353 g/mol. The van der Waals surface area contributed by atoms with E-state index < -0.39 is 0 Å². The van der Waals surface area contributed by atoms with Gasteiger partial charge in [0.2, 0.25) is 0 Å². The van der Waals surface area contributed by atoms with Crippen molar-refractivity contribution in [3.8, 4) is 22.7 Å². The van der Waals surface area contributed by atoms with Gasteiger partial charge in [0.25, 0.3) is 5.56 Å². The van der Waals surface area contributed by atoms with Crippen LogP contribution < -0.4 is 10.3 Å². The van der Waals surface area contributed by atoms with Gasteiger partial charge < -0.3 is 4.74 Å². The van der Waals surface area contributed by atoms with Crippen molar-refractivity contribution in [2.24, 2.45) is 0 Å². The van der Waals surface area contributed by atoms with Gasteiger partial charge in [-0.05, 0) is 48.6 Å².